The number of rotatable bonds is 9. The summed E-state index contributed by atoms with van der Waals surface area (Å²) >= 11 is 0. The average molecular weight is 667 g/mol. The van der Waals surface area contributed by atoms with Crippen LogP contribution in [0.25, 0.3) is 67.1 Å². The van der Waals surface area contributed by atoms with Crippen molar-refractivity contribution in [2.24, 2.45) is 0 Å². The van der Waals surface area contributed by atoms with Crippen LogP contribution in [0.3, 0.4) is 0 Å². The van der Waals surface area contributed by atoms with Crippen molar-refractivity contribution in [3.05, 3.63) is 216 Å². The van der Waals surface area contributed by atoms with Crippen molar-refractivity contribution in [2.75, 3.05) is 0 Å². The topological polar surface area (TPSA) is 34.1 Å². The molecule has 8 aromatic rings. The summed E-state index contributed by atoms with van der Waals surface area (Å²) in [6.45, 7) is 0. The van der Waals surface area contributed by atoms with E-state index in [1.807, 2.05) is 121 Å². The lowest BCUT2D eigenvalue weighted by Gasteiger charge is -2.17. The lowest BCUT2D eigenvalue weighted by Crippen LogP contribution is -1.96. The van der Waals surface area contributed by atoms with Crippen molar-refractivity contribution in [1.82, 2.24) is 0 Å². The first-order chi connectivity index (χ1) is 25.6. The highest BCUT2D eigenvalue weighted by Crippen LogP contribution is 2.40. The molecular weight excluding hydrogens is 633 g/mol. The van der Waals surface area contributed by atoms with Crippen LogP contribution < -0.4 is 0 Å². The van der Waals surface area contributed by atoms with Crippen LogP contribution in [0, 0.1) is 0 Å². The van der Waals surface area contributed by atoms with E-state index in [1.54, 1.807) is 12.2 Å². The van der Waals surface area contributed by atoms with Gasteiger partial charge in [0.25, 0.3) is 0 Å². The number of hydrogen-bond donors (Lipinski definition) is 0. The predicted molar refractivity (Wildman–Crippen MR) is 217 cm³/mol. The summed E-state index contributed by atoms with van der Waals surface area (Å²) in [6.07, 6.45) is 7.16. The molecule has 0 saturated heterocycles. The molecule has 0 amide bonds. The van der Waals surface area contributed by atoms with Crippen LogP contribution in [-0.2, 0) is 0 Å². The van der Waals surface area contributed by atoms with E-state index in [9.17, 15) is 9.59 Å². The summed E-state index contributed by atoms with van der Waals surface area (Å²) in [5, 5.41) is 4.32. The molecular formula is C50H34O2. The van der Waals surface area contributed by atoms with Gasteiger partial charge in [-0.2, -0.15) is 0 Å². The highest BCUT2D eigenvalue weighted by atomic mass is 16.1. The van der Waals surface area contributed by atoms with Crippen LogP contribution in [0.15, 0.2) is 194 Å². The van der Waals surface area contributed by atoms with Crippen LogP contribution in [0.1, 0.15) is 31.8 Å². The number of benzene rings is 8. The first-order valence-electron chi connectivity index (χ1n) is 17.4. The summed E-state index contributed by atoms with van der Waals surface area (Å²) in [5.74, 6) is -0.138. The van der Waals surface area contributed by atoms with Gasteiger partial charge < -0.3 is 0 Å². The summed E-state index contributed by atoms with van der Waals surface area (Å²) < 4.78 is 0. The molecule has 0 spiro atoms. The van der Waals surface area contributed by atoms with Crippen molar-refractivity contribution >= 4 is 45.3 Å². The number of hydrogen-bond acceptors (Lipinski definition) is 2. The minimum atomic E-state index is -0.0689. The minimum absolute atomic E-state index is 0.0689. The van der Waals surface area contributed by atoms with Gasteiger partial charge in [-0.3, -0.25) is 9.59 Å². The van der Waals surface area contributed by atoms with Gasteiger partial charge in [0.05, 0.1) is 0 Å². The summed E-state index contributed by atoms with van der Waals surface area (Å²) in [5.41, 5.74) is 9.47. The minimum Gasteiger partial charge on any atom is -0.289 e. The zero-order valence-corrected chi connectivity index (χ0v) is 28.4. The van der Waals surface area contributed by atoms with Crippen molar-refractivity contribution in [2.45, 2.75) is 0 Å². The molecule has 0 atom stereocenters. The molecule has 0 bridgehead atoms. The maximum Gasteiger partial charge on any atom is 0.185 e. The molecule has 0 fully saturated rings. The van der Waals surface area contributed by atoms with E-state index in [0.29, 0.717) is 11.1 Å². The van der Waals surface area contributed by atoms with E-state index in [0.717, 1.165) is 66.1 Å². The van der Waals surface area contributed by atoms with E-state index in [1.165, 1.54) is 0 Å². The Morgan fingerprint density at radius 3 is 1.08 bits per heavy atom. The highest BCUT2D eigenvalue weighted by Gasteiger charge is 2.16. The van der Waals surface area contributed by atoms with Gasteiger partial charge in [0.1, 0.15) is 0 Å². The Labute approximate surface area is 303 Å². The van der Waals surface area contributed by atoms with Crippen LogP contribution in [0.2, 0.25) is 0 Å². The third-order valence-electron chi connectivity index (χ3n) is 9.55. The van der Waals surface area contributed by atoms with Gasteiger partial charge in [0, 0.05) is 11.1 Å². The van der Waals surface area contributed by atoms with E-state index < -0.39 is 0 Å². The summed E-state index contributed by atoms with van der Waals surface area (Å²) in [7, 11) is 0. The van der Waals surface area contributed by atoms with E-state index >= 15 is 0 Å². The second kappa shape index (κ2) is 14.5. The molecule has 52 heavy (non-hydrogen) atoms. The molecule has 0 saturated carbocycles. The Kier molecular flexibility index (Phi) is 9.03. The van der Waals surface area contributed by atoms with E-state index in [4.69, 9.17) is 0 Å². The standard InChI is InChI=1S/C50H34O2/c51-47(41-25-19-37(20-26-41)35-11-3-1-4-12-35)33-31-43-29-23-39-15-7-9-17-45(39)49(43)50-44(30-24-40-16-8-10-18-46(40)50)32-34-48(52)42-27-21-38(22-28-42)36-13-5-2-6-14-36/h1-34H/b33-31+,34-32+. The number of allylic oxidation sites excluding steroid dienone is 2. The monoisotopic (exact) mass is 666 g/mol. The second-order valence-corrected chi connectivity index (χ2v) is 12.8. The van der Waals surface area contributed by atoms with Crippen molar-refractivity contribution < 1.29 is 9.59 Å². The SMILES string of the molecule is O=C(/C=C/c1ccc2ccccc2c1-c1c(/C=C/C(=O)c2ccc(-c3ccccc3)cc2)ccc2ccccc12)c1ccc(-c2ccccc2)cc1. The fraction of sp³-hybridized carbons (Fsp3) is 0. The Balaban J connectivity index is 1.18. The maximum absolute atomic E-state index is 13.5. The van der Waals surface area contributed by atoms with Gasteiger partial charge in [-0.25, -0.2) is 0 Å². The molecule has 0 aliphatic heterocycles. The average Bonchev–Trinajstić information content (AvgIpc) is 3.22. The fourth-order valence-electron chi connectivity index (χ4n) is 6.85. The normalized spacial score (nSPS) is 11.5. The molecule has 8 aromatic carbocycles. The lowest BCUT2D eigenvalue weighted by atomic mass is 9.86. The molecule has 0 radical (unpaired) electrons. The molecule has 246 valence electrons. The highest BCUT2D eigenvalue weighted by molar-refractivity contribution is 6.14. The lowest BCUT2D eigenvalue weighted by molar-refractivity contribution is 0.103. The number of carbonyl (C=O) groups excluding carboxylic acids is 2. The Morgan fingerprint density at radius 1 is 0.327 bits per heavy atom. The van der Waals surface area contributed by atoms with Crippen molar-refractivity contribution in [3.63, 3.8) is 0 Å². The van der Waals surface area contributed by atoms with Gasteiger partial charge in [-0.15, -0.1) is 0 Å². The quantitative estimate of drug-likeness (QED) is 0.113. The Hall–Kier alpha value is -6.90. The molecule has 0 aromatic heterocycles. The third kappa shape index (κ3) is 6.66. The molecule has 8 rings (SSSR count). The third-order valence-corrected chi connectivity index (χ3v) is 9.55. The summed E-state index contributed by atoms with van der Waals surface area (Å²) in [6, 6.07) is 60.8. The second-order valence-electron chi connectivity index (χ2n) is 12.8. The van der Waals surface area contributed by atoms with Gasteiger partial charge in [-0.1, -0.05) is 194 Å². The molecule has 2 heteroatoms. The van der Waals surface area contributed by atoms with Crippen LogP contribution in [0.4, 0.5) is 0 Å². The summed E-state index contributed by atoms with van der Waals surface area (Å²) in [4.78, 5) is 27.1. The first kappa shape index (κ1) is 32.3. The van der Waals surface area contributed by atoms with Gasteiger partial charge in [-0.05, 0) is 78.2 Å². The van der Waals surface area contributed by atoms with E-state index in [2.05, 4.69) is 72.8 Å². The number of fused-ring (bicyclic) bond motifs is 2. The Bertz CT molecular complexity index is 2430. The largest absolute Gasteiger partial charge is 0.289 e. The molecule has 0 heterocycles. The van der Waals surface area contributed by atoms with Crippen molar-refractivity contribution in [3.8, 4) is 33.4 Å². The maximum atomic E-state index is 13.5. The first-order valence-corrected chi connectivity index (χ1v) is 17.4. The van der Waals surface area contributed by atoms with Crippen molar-refractivity contribution in [1.29, 1.82) is 0 Å². The molecule has 2 nitrogen and oxygen atoms in total. The van der Waals surface area contributed by atoms with Gasteiger partial charge >= 0.3 is 0 Å². The van der Waals surface area contributed by atoms with Crippen LogP contribution >= 0.6 is 0 Å². The van der Waals surface area contributed by atoms with Crippen LogP contribution in [0.5, 0.6) is 0 Å². The fourth-order valence-corrected chi connectivity index (χ4v) is 6.85. The van der Waals surface area contributed by atoms with Gasteiger partial charge in [0.15, 0.2) is 11.6 Å². The number of ketones is 2. The van der Waals surface area contributed by atoms with E-state index in [-0.39, 0.29) is 11.6 Å². The number of carbonyl (C=O) groups is 2. The predicted octanol–water partition coefficient (Wildman–Crippen LogP) is 12.8. The zero-order chi connectivity index (χ0) is 35.3. The van der Waals surface area contributed by atoms with Crippen LogP contribution in [-0.4, -0.2) is 11.6 Å². The zero-order valence-electron chi connectivity index (χ0n) is 28.4. The molecule has 0 unspecified atom stereocenters. The molecule has 0 aliphatic carbocycles. The molecule has 0 N–H and O–H groups in total. The Morgan fingerprint density at radius 2 is 0.673 bits per heavy atom. The molecule has 0 aliphatic rings. The smallest absolute Gasteiger partial charge is 0.185 e. The van der Waals surface area contributed by atoms with Gasteiger partial charge in [0.2, 0.25) is 0 Å².